The molecule has 0 aliphatic rings. The Balaban J connectivity index is 1.89. The number of ether oxygens (including phenoxy) is 1. The normalized spacial score (nSPS) is 11.6. The van der Waals surface area contributed by atoms with Crippen molar-refractivity contribution in [2.45, 2.75) is 33.4 Å². The van der Waals surface area contributed by atoms with Gasteiger partial charge in [-0.3, -0.25) is 0 Å². The summed E-state index contributed by atoms with van der Waals surface area (Å²) in [6.45, 7) is 5.55. The van der Waals surface area contributed by atoms with Crippen molar-refractivity contribution < 1.29 is 27.1 Å². The summed E-state index contributed by atoms with van der Waals surface area (Å²) >= 11 is 0. The van der Waals surface area contributed by atoms with E-state index in [1.807, 2.05) is 0 Å². The number of hydrogen-bond donors (Lipinski definition) is 0. The smallest absolute Gasteiger partial charge is 0.416 e. The van der Waals surface area contributed by atoms with E-state index in [0.29, 0.717) is 23.1 Å². The van der Waals surface area contributed by atoms with Gasteiger partial charge in [0.1, 0.15) is 11.6 Å². The van der Waals surface area contributed by atoms with Gasteiger partial charge in [0.05, 0.1) is 23.4 Å². The Hall–Kier alpha value is -3.16. The molecule has 3 aromatic rings. The molecule has 0 aliphatic carbocycles. The summed E-state index contributed by atoms with van der Waals surface area (Å²) in [5.74, 6) is -0.738. The second-order valence-corrected chi connectivity index (χ2v) is 6.89. The zero-order valence-corrected chi connectivity index (χ0v) is 16.7. The predicted molar refractivity (Wildman–Crippen MR) is 103 cm³/mol. The van der Waals surface area contributed by atoms with E-state index in [2.05, 4.69) is 4.98 Å². The maximum atomic E-state index is 13.6. The Kier molecular flexibility index (Phi) is 5.96. The number of benzene rings is 2. The molecule has 0 radical (unpaired) electrons. The number of esters is 1. The minimum Gasteiger partial charge on any atom is -0.462 e. The Labute approximate surface area is 171 Å². The maximum Gasteiger partial charge on any atom is 0.416 e. The van der Waals surface area contributed by atoms with E-state index < -0.39 is 23.5 Å². The van der Waals surface area contributed by atoms with E-state index in [4.69, 9.17) is 4.74 Å². The van der Waals surface area contributed by atoms with Crippen molar-refractivity contribution in [2.75, 3.05) is 6.61 Å². The molecule has 3 rings (SSSR count). The van der Waals surface area contributed by atoms with Crippen LogP contribution in [0.4, 0.5) is 17.6 Å². The average Bonchev–Trinajstić information content (AvgIpc) is 3.00. The summed E-state index contributed by atoms with van der Waals surface area (Å²) in [5, 5.41) is 0. The lowest BCUT2D eigenvalue weighted by atomic mass is 10.1. The van der Waals surface area contributed by atoms with Crippen molar-refractivity contribution in [1.82, 2.24) is 9.55 Å². The van der Waals surface area contributed by atoms with Gasteiger partial charge >= 0.3 is 12.1 Å². The summed E-state index contributed by atoms with van der Waals surface area (Å²) in [6.07, 6.45) is -2.88. The molecule has 1 aromatic heterocycles. The highest BCUT2D eigenvalue weighted by atomic mass is 19.4. The zero-order chi connectivity index (χ0) is 22.1. The van der Waals surface area contributed by atoms with Gasteiger partial charge in [0.2, 0.25) is 0 Å². The molecule has 158 valence electrons. The van der Waals surface area contributed by atoms with E-state index in [-0.39, 0.29) is 18.6 Å². The highest BCUT2D eigenvalue weighted by Gasteiger charge is 2.31. The van der Waals surface area contributed by atoms with Crippen LogP contribution in [0.25, 0.3) is 5.69 Å². The number of alkyl halides is 3. The molecule has 1 heterocycles. The zero-order valence-electron chi connectivity index (χ0n) is 16.7. The van der Waals surface area contributed by atoms with Crippen LogP contribution in [-0.2, 0) is 17.3 Å². The van der Waals surface area contributed by atoms with Crippen LogP contribution in [-0.4, -0.2) is 22.1 Å². The number of aromatic nitrogens is 2. The van der Waals surface area contributed by atoms with Crippen LogP contribution < -0.4 is 0 Å². The lowest BCUT2D eigenvalue weighted by molar-refractivity contribution is -0.137. The van der Waals surface area contributed by atoms with Crippen molar-refractivity contribution in [2.24, 2.45) is 0 Å². The van der Waals surface area contributed by atoms with E-state index in [9.17, 15) is 22.4 Å². The number of carbonyl (C=O) groups is 1. The summed E-state index contributed by atoms with van der Waals surface area (Å²) in [5.41, 5.74) is 1.57. The number of carbonyl (C=O) groups excluding carboxylic acids is 1. The number of hydrogen-bond acceptors (Lipinski definition) is 3. The minimum atomic E-state index is -4.62. The summed E-state index contributed by atoms with van der Waals surface area (Å²) in [7, 11) is 0. The molecule has 0 saturated heterocycles. The van der Waals surface area contributed by atoms with Gasteiger partial charge in [-0.2, -0.15) is 13.2 Å². The van der Waals surface area contributed by atoms with E-state index >= 15 is 0 Å². The number of halogens is 4. The maximum absolute atomic E-state index is 13.6. The first-order chi connectivity index (χ1) is 14.1. The first-order valence-electron chi connectivity index (χ1n) is 9.28. The Morgan fingerprint density at radius 3 is 2.50 bits per heavy atom. The van der Waals surface area contributed by atoms with Crippen molar-refractivity contribution >= 4 is 5.97 Å². The highest BCUT2D eigenvalue weighted by molar-refractivity contribution is 5.91. The van der Waals surface area contributed by atoms with Gasteiger partial charge in [0.15, 0.2) is 0 Å². The molecule has 0 spiro atoms. The fourth-order valence-corrected chi connectivity index (χ4v) is 3.24. The van der Waals surface area contributed by atoms with Crippen LogP contribution in [0.3, 0.4) is 0 Å². The van der Waals surface area contributed by atoms with Crippen LogP contribution in [0.5, 0.6) is 0 Å². The molecule has 0 unspecified atom stereocenters. The van der Waals surface area contributed by atoms with Crippen molar-refractivity contribution in [1.29, 1.82) is 0 Å². The molecule has 0 aliphatic heterocycles. The predicted octanol–water partition coefficient (Wildman–Crippen LogP) is 5.41. The summed E-state index contributed by atoms with van der Waals surface area (Å²) in [6, 6.07) is 7.67. The SMILES string of the molecule is CCOC(=O)c1ccc(-n2cc(Cc3cc(F)cc(C(F)(F)F)c3)nc2C)cc1C. The van der Waals surface area contributed by atoms with Gasteiger partial charge in [-0.1, -0.05) is 0 Å². The lowest BCUT2D eigenvalue weighted by Crippen LogP contribution is -2.07. The van der Waals surface area contributed by atoms with Crippen LogP contribution >= 0.6 is 0 Å². The fraction of sp³-hybridized carbons (Fsp3) is 0.273. The second kappa shape index (κ2) is 8.30. The molecule has 0 amide bonds. The molecule has 0 N–H and O–H groups in total. The first-order valence-corrected chi connectivity index (χ1v) is 9.28. The summed E-state index contributed by atoms with van der Waals surface area (Å²) in [4.78, 5) is 16.3. The van der Waals surface area contributed by atoms with E-state index in [1.54, 1.807) is 49.7 Å². The lowest BCUT2D eigenvalue weighted by Gasteiger charge is -2.10. The van der Waals surface area contributed by atoms with Gasteiger partial charge in [-0.05, 0) is 68.3 Å². The molecule has 30 heavy (non-hydrogen) atoms. The molecular weight excluding hydrogens is 400 g/mol. The standard InChI is InChI=1S/C22H20F4N2O2/c1-4-30-21(29)20-6-5-19(7-13(20)2)28-12-18(27-14(28)3)10-15-8-16(22(24,25)26)11-17(23)9-15/h5-9,11-12H,4,10H2,1-3H3. The molecule has 0 saturated carbocycles. The van der Waals surface area contributed by atoms with Gasteiger partial charge in [-0.15, -0.1) is 0 Å². The van der Waals surface area contributed by atoms with Crippen molar-refractivity contribution in [3.63, 3.8) is 0 Å². The summed E-state index contributed by atoms with van der Waals surface area (Å²) < 4.78 is 59.2. The minimum absolute atomic E-state index is 0.0502. The molecule has 0 atom stereocenters. The van der Waals surface area contributed by atoms with Crippen molar-refractivity contribution in [3.05, 3.63) is 82.2 Å². The first kappa shape index (κ1) is 21.5. The van der Waals surface area contributed by atoms with E-state index in [0.717, 1.165) is 23.4 Å². The topological polar surface area (TPSA) is 44.1 Å². The fourth-order valence-electron chi connectivity index (χ4n) is 3.24. The number of aryl methyl sites for hydroxylation is 2. The van der Waals surface area contributed by atoms with Crippen LogP contribution in [0.15, 0.2) is 42.6 Å². The Bertz CT molecular complexity index is 1090. The average molecular weight is 420 g/mol. The van der Waals surface area contributed by atoms with Gasteiger partial charge < -0.3 is 9.30 Å². The van der Waals surface area contributed by atoms with Gasteiger partial charge in [-0.25, -0.2) is 14.2 Å². The van der Waals surface area contributed by atoms with Crippen LogP contribution in [0.2, 0.25) is 0 Å². The van der Waals surface area contributed by atoms with Gasteiger partial charge in [0, 0.05) is 18.3 Å². The third-order valence-electron chi connectivity index (χ3n) is 4.59. The number of imidazole rings is 1. The molecule has 4 nitrogen and oxygen atoms in total. The molecule has 8 heteroatoms. The molecule has 0 fully saturated rings. The number of nitrogens with zero attached hydrogens (tertiary/aromatic N) is 2. The second-order valence-electron chi connectivity index (χ2n) is 6.89. The van der Waals surface area contributed by atoms with Crippen LogP contribution in [0, 0.1) is 19.7 Å². The van der Waals surface area contributed by atoms with Crippen LogP contribution in [0.1, 0.15) is 45.5 Å². The monoisotopic (exact) mass is 420 g/mol. The quantitative estimate of drug-likeness (QED) is 0.409. The van der Waals surface area contributed by atoms with E-state index in [1.165, 1.54) is 0 Å². The molecular formula is C22H20F4N2O2. The number of rotatable bonds is 5. The Morgan fingerprint density at radius 2 is 1.87 bits per heavy atom. The molecule has 2 aromatic carbocycles. The highest BCUT2D eigenvalue weighted by Crippen LogP contribution is 2.31. The van der Waals surface area contributed by atoms with Gasteiger partial charge in [0.25, 0.3) is 0 Å². The third-order valence-corrected chi connectivity index (χ3v) is 4.59. The largest absolute Gasteiger partial charge is 0.462 e. The molecule has 0 bridgehead atoms. The third kappa shape index (κ3) is 4.69. The Morgan fingerprint density at radius 1 is 1.13 bits per heavy atom. The van der Waals surface area contributed by atoms with Crippen molar-refractivity contribution in [3.8, 4) is 5.69 Å².